The molecule has 1 rings (SSSR count). The van der Waals surface area contributed by atoms with Crippen molar-refractivity contribution < 1.29 is 14.1 Å². The summed E-state index contributed by atoms with van der Waals surface area (Å²) in [6.07, 6.45) is 0. The van der Waals surface area contributed by atoms with E-state index in [1.165, 1.54) is 7.11 Å². The average molecular weight is 240 g/mol. The van der Waals surface area contributed by atoms with Crippen LogP contribution in [0.25, 0.3) is 0 Å². The highest BCUT2D eigenvalue weighted by Gasteiger charge is 2.21. The van der Waals surface area contributed by atoms with E-state index in [4.69, 9.17) is 9.26 Å². The molecule has 0 aliphatic heterocycles. The zero-order valence-electron chi connectivity index (χ0n) is 11.0. The van der Waals surface area contributed by atoms with E-state index in [2.05, 4.69) is 10.5 Å². The second-order valence-electron chi connectivity index (χ2n) is 4.28. The maximum atomic E-state index is 11.4. The van der Waals surface area contributed by atoms with Crippen molar-refractivity contribution in [3.8, 4) is 0 Å². The molecule has 96 valence electrons. The van der Waals surface area contributed by atoms with E-state index in [-0.39, 0.29) is 17.9 Å². The number of hydrogen-bond donors (Lipinski definition) is 1. The first-order valence-electron chi connectivity index (χ1n) is 5.70. The van der Waals surface area contributed by atoms with Crippen LogP contribution in [-0.2, 0) is 16.1 Å². The number of methoxy groups -OCH3 is 1. The van der Waals surface area contributed by atoms with Crippen molar-refractivity contribution in [2.75, 3.05) is 7.11 Å². The molecule has 0 saturated heterocycles. The fourth-order valence-corrected chi connectivity index (χ4v) is 1.58. The van der Waals surface area contributed by atoms with Crippen molar-refractivity contribution >= 4 is 5.97 Å². The summed E-state index contributed by atoms with van der Waals surface area (Å²) < 4.78 is 9.78. The SMILES string of the molecule is COC(=O)C(C)C(C)NCc1c(C)noc1C. The first-order valence-corrected chi connectivity index (χ1v) is 5.70. The van der Waals surface area contributed by atoms with Gasteiger partial charge in [-0.15, -0.1) is 0 Å². The minimum Gasteiger partial charge on any atom is -0.469 e. The molecule has 0 aliphatic carbocycles. The smallest absolute Gasteiger partial charge is 0.309 e. The topological polar surface area (TPSA) is 64.4 Å². The number of nitrogens with one attached hydrogen (secondary N) is 1. The lowest BCUT2D eigenvalue weighted by atomic mass is 10.0. The molecule has 0 aliphatic rings. The maximum absolute atomic E-state index is 11.4. The highest BCUT2D eigenvalue weighted by molar-refractivity contribution is 5.72. The summed E-state index contributed by atoms with van der Waals surface area (Å²) in [4.78, 5) is 11.4. The van der Waals surface area contributed by atoms with E-state index < -0.39 is 0 Å². The molecule has 0 bridgehead atoms. The third-order valence-corrected chi connectivity index (χ3v) is 3.11. The van der Waals surface area contributed by atoms with Crippen LogP contribution in [0.4, 0.5) is 0 Å². The van der Waals surface area contributed by atoms with Gasteiger partial charge in [-0.2, -0.15) is 0 Å². The fourth-order valence-electron chi connectivity index (χ4n) is 1.58. The van der Waals surface area contributed by atoms with E-state index in [9.17, 15) is 4.79 Å². The Morgan fingerprint density at radius 2 is 2.12 bits per heavy atom. The zero-order valence-corrected chi connectivity index (χ0v) is 11.0. The van der Waals surface area contributed by atoms with Crippen LogP contribution in [0, 0.1) is 19.8 Å². The Labute approximate surface area is 102 Å². The number of aryl methyl sites for hydroxylation is 2. The Balaban J connectivity index is 2.54. The molecule has 2 atom stereocenters. The molecular formula is C12H20N2O3. The van der Waals surface area contributed by atoms with Crippen LogP contribution >= 0.6 is 0 Å². The Kier molecular flexibility index (Phi) is 4.69. The summed E-state index contributed by atoms with van der Waals surface area (Å²) in [5.41, 5.74) is 1.93. The van der Waals surface area contributed by atoms with Crippen LogP contribution in [0.5, 0.6) is 0 Å². The fraction of sp³-hybridized carbons (Fsp3) is 0.667. The minimum atomic E-state index is -0.205. The minimum absolute atomic E-state index is 0.0381. The zero-order chi connectivity index (χ0) is 13.0. The van der Waals surface area contributed by atoms with Crippen molar-refractivity contribution in [2.45, 2.75) is 40.3 Å². The summed E-state index contributed by atoms with van der Waals surface area (Å²) in [5, 5.41) is 7.16. The summed E-state index contributed by atoms with van der Waals surface area (Å²) in [6.45, 7) is 8.23. The van der Waals surface area contributed by atoms with Crippen LogP contribution in [0.1, 0.15) is 30.9 Å². The van der Waals surface area contributed by atoms with Crippen LogP contribution in [0.15, 0.2) is 4.52 Å². The van der Waals surface area contributed by atoms with E-state index in [1.807, 2.05) is 27.7 Å². The summed E-state index contributed by atoms with van der Waals surface area (Å²) in [5.74, 6) is 0.428. The van der Waals surface area contributed by atoms with Gasteiger partial charge in [0.25, 0.3) is 0 Å². The number of aromatic nitrogens is 1. The Morgan fingerprint density at radius 1 is 1.47 bits per heavy atom. The molecule has 0 fully saturated rings. The summed E-state index contributed by atoms with van der Waals surface area (Å²) in [6, 6.07) is 0.0381. The number of ether oxygens (including phenoxy) is 1. The van der Waals surface area contributed by atoms with Gasteiger partial charge in [0, 0.05) is 18.2 Å². The number of hydrogen-bond acceptors (Lipinski definition) is 5. The maximum Gasteiger partial charge on any atom is 0.309 e. The van der Waals surface area contributed by atoms with E-state index in [0.717, 1.165) is 17.0 Å². The first kappa shape index (κ1) is 13.7. The molecule has 0 radical (unpaired) electrons. The number of carbonyl (C=O) groups is 1. The molecule has 17 heavy (non-hydrogen) atoms. The lowest BCUT2D eigenvalue weighted by Gasteiger charge is -2.19. The van der Waals surface area contributed by atoms with Gasteiger partial charge in [-0.1, -0.05) is 12.1 Å². The molecule has 5 nitrogen and oxygen atoms in total. The normalized spacial score (nSPS) is 14.4. The van der Waals surface area contributed by atoms with Crippen molar-refractivity contribution in [3.05, 3.63) is 17.0 Å². The third-order valence-electron chi connectivity index (χ3n) is 3.11. The van der Waals surface area contributed by atoms with Crippen LogP contribution in [-0.4, -0.2) is 24.3 Å². The van der Waals surface area contributed by atoms with Gasteiger partial charge in [0.2, 0.25) is 0 Å². The molecular weight excluding hydrogens is 220 g/mol. The summed E-state index contributed by atoms with van der Waals surface area (Å²) in [7, 11) is 1.40. The Hall–Kier alpha value is -1.36. The van der Waals surface area contributed by atoms with Gasteiger partial charge >= 0.3 is 5.97 Å². The monoisotopic (exact) mass is 240 g/mol. The van der Waals surface area contributed by atoms with E-state index in [0.29, 0.717) is 6.54 Å². The predicted molar refractivity (Wildman–Crippen MR) is 63.5 cm³/mol. The van der Waals surface area contributed by atoms with Gasteiger partial charge in [0.1, 0.15) is 5.76 Å². The molecule has 5 heteroatoms. The van der Waals surface area contributed by atoms with Crippen LogP contribution in [0.3, 0.4) is 0 Å². The van der Waals surface area contributed by atoms with Gasteiger partial charge < -0.3 is 14.6 Å². The quantitative estimate of drug-likeness (QED) is 0.792. The van der Waals surface area contributed by atoms with Gasteiger partial charge in [-0.3, -0.25) is 4.79 Å². The number of rotatable bonds is 5. The van der Waals surface area contributed by atoms with Crippen molar-refractivity contribution in [1.29, 1.82) is 0 Å². The number of esters is 1. The van der Waals surface area contributed by atoms with Gasteiger partial charge in [-0.05, 0) is 20.8 Å². The van der Waals surface area contributed by atoms with Crippen molar-refractivity contribution in [1.82, 2.24) is 10.5 Å². The highest BCUT2D eigenvalue weighted by atomic mass is 16.5. The largest absolute Gasteiger partial charge is 0.469 e. The number of nitrogens with zero attached hydrogens (tertiary/aromatic N) is 1. The number of carbonyl (C=O) groups excluding carboxylic acids is 1. The molecule has 0 amide bonds. The molecule has 0 spiro atoms. The van der Waals surface area contributed by atoms with Crippen LogP contribution < -0.4 is 5.32 Å². The second kappa shape index (κ2) is 5.82. The lowest BCUT2D eigenvalue weighted by molar-refractivity contribution is -0.145. The molecule has 1 heterocycles. The Bertz CT molecular complexity index is 368. The average Bonchev–Trinajstić information content (AvgIpc) is 2.64. The highest BCUT2D eigenvalue weighted by Crippen LogP contribution is 2.13. The van der Waals surface area contributed by atoms with Crippen LogP contribution in [0.2, 0.25) is 0 Å². The molecule has 1 N–H and O–H groups in total. The van der Waals surface area contributed by atoms with Gasteiger partial charge in [-0.25, -0.2) is 0 Å². The van der Waals surface area contributed by atoms with Crippen molar-refractivity contribution in [2.24, 2.45) is 5.92 Å². The third kappa shape index (κ3) is 3.30. The molecule has 2 unspecified atom stereocenters. The van der Waals surface area contributed by atoms with E-state index in [1.54, 1.807) is 0 Å². The molecule has 1 aromatic heterocycles. The summed E-state index contributed by atoms with van der Waals surface area (Å²) >= 11 is 0. The molecule has 0 saturated carbocycles. The van der Waals surface area contributed by atoms with Gasteiger partial charge in [0.05, 0.1) is 18.7 Å². The Morgan fingerprint density at radius 3 is 2.59 bits per heavy atom. The molecule has 1 aromatic rings. The predicted octanol–water partition coefficient (Wildman–Crippen LogP) is 1.58. The lowest BCUT2D eigenvalue weighted by Crippen LogP contribution is -2.36. The molecule has 0 aromatic carbocycles. The van der Waals surface area contributed by atoms with Crippen molar-refractivity contribution in [3.63, 3.8) is 0 Å². The van der Waals surface area contributed by atoms with E-state index >= 15 is 0 Å². The van der Waals surface area contributed by atoms with Gasteiger partial charge in [0.15, 0.2) is 0 Å². The first-order chi connectivity index (χ1) is 7.97. The second-order valence-corrected chi connectivity index (χ2v) is 4.28. The standard InChI is InChI=1S/C12H20N2O3/c1-7(12(15)16-5)8(2)13-6-11-9(3)14-17-10(11)4/h7-8,13H,6H2,1-5H3.